The molecule has 1 unspecified atom stereocenters. The van der Waals surface area contributed by atoms with Gasteiger partial charge in [-0.1, -0.05) is 86.1 Å². The molecule has 16 nitrogen and oxygen atoms in total. The predicted molar refractivity (Wildman–Crippen MR) is 302 cm³/mol. The van der Waals surface area contributed by atoms with E-state index in [2.05, 4.69) is 103 Å². The molecular formula is C59H76ClN6O10S+. The lowest BCUT2D eigenvalue weighted by molar-refractivity contribution is -0.438. The number of fused-ring (bicyclic) bond motifs is 2. The Morgan fingerprint density at radius 3 is 2.12 bits per heavy atom. The van der Waals surface area contributed by atoms with Gasteiger partial charge >= 0.3 is 17.9 Å². The van der Waals surface area contributed by atoms with Gasteiger partial charge in [0.1, 0.15) is 6.54 Å². The highest BCUT2D eigenvalue weighted by atomic mass is 35.5. The zero-order chi connectivity index (χ0) is 55.5. The molecule has 77 heavy (non-hydrogen) atoms. The first-order chi connectivity index (χ1) is 36.6. The summed E-state index contributed by atoms with van der Waals surface area (Å²) in [5, 5.41) is 32.6. The number of aliphatic carboxylic acids is 3. The van der Waals surface area contributed by atoms with Crippen molar-refractivity contribution < 1.29 is 52.0 Å². The smallest absolute Gasteiger partial charge is 0.317 e. The molecule has 3 aromatic carbocycles. The van der Waals surface area contributed by atoms with E-state index in [4.69, 9.17) is 11.6 Å². The third kappa shape index (κ3) is 15.6. The highest BCUT2D eigenvalue weighted by molar-refractivity contribution is 7.85. The summed E-state index contributed by atoms with van der Waals surface area (Å²) in [7, 11) is -4.03. The van der Waals surface area contributed by atoms with E-state index in [1.807, 2.05) is 36.4 Å². The summed E-state index contributed by atoms with van der Waals surface area (Å²) in [6.07, 6.45) is 15.6. The second-order valence-corrected chi connectivity index (χ2v) is 23.8. The normalized spacial score (nSPS) is 20.3. The first-order valence-corrected chi connectivity index (χ1v) is 28.9. The van der Waals surface area contributed by atoms with Crippen LogP contribution in [-0.2, 0) is 46.5 Å². The van der Waals surface area contributed by atoms with Crippen molar-refractivity contribution in [3.8, 4) is 0 Å². The number of rotatable bonds is 23. The zero-order valence-corrected chi connectivity index (χ0v) is 46.5. The van der Waals surface area contributed by atoms with E-state index in [0.717, 1.165) is 71.8 Å². The Hall–Kier alpha value is -5.95. The van der Waals surface area contributed by atoms with Crippen molar-refractivity contribution in [1.82, 2.24) is 14.7 Å². The zero-order valence-electron chi connectivity index (χ0n) is 44.9. The van der Waals surface area contributed by atoms with Gasteiger partial charge in [0.05, 0.1) is 30.8 Å². The molecule has 1 amide bonds. The molecule has 1 saturated heterocycles. The first-order valence-electron chi connectivity index (χ1n) is 26.9. The molecule has 0 aromatic heterocycles. The summed E-state index contributed by atoms with van der Waals surface area (Å²) >= 11 is 7.29. The van der Waals surface area contributed by atoms with Gasteiger partial charge in [0.15, 0.2) is 5.71 Å². The Balaban J connectivity index is 0.979. The number of nitrogens with zero attached hydrogens (tertiary/aromatic N) is 5. The van der Waals surface area contributed by atoms with Crippen molar-refractivity contribution >= 4 is 68.3 Å². The van der Waals surface area contributed by atoms with Crippen LogP contribution in [0.3, 0.4) is 0 Å². The van der Waals surface area contributed by atoms with Gasteiger partial charge in [0.2, 0.25) is 11.6 Å². The molecule has 1 atom stereocenters. The first kappa shape index (κ1) is 58.7. The molecule has 7 rings (SSSR count). The van der Waals surface area contributed by atoms with Crippen LogP contribution in [0.4, 0.5) is 17.1 Å². The standard InChI is InChI=1S/C59H75ClN6O10S/c1-58(2)47-17-7-9-19-49(47)65(51(58)28-24-43-15-14-16-44(57(43)60)25-29-52-59(3,4)48-18-8-10-20-50(48)66(52)31-12-13-36-77(74,75)76)30-11-5-6-21-53(67)61-45-26-22-42(23-27-45)37-46-38-63(40-55(70)71)33-32-62(39-54(68)69)34-35-64(46)41-56(72)73/h7-10,17-20,22-29,46H,5-6,11-16,21,30-41H2,1-4H3,(H4-,61,67,68,69,70,71,72,73,74,75,76)/p+1. The van der Waals surface area contributed by atoms with Gasteiger partial charge in [0, 0.05) is 103 Å². The minimum absolute atomic E-state index is 0.0925. The maximum Gasteiger partial charge on any atom is 0.317 e. The van der Waals surface area contributed by atoms with Gasteiger partial charge in [-0.05, 0) is 112 Å². The number of hydrogen-bond acceptors (Lipinski definition) is 10. The molecule has 414 valence electrons. The second kappa shape index (κ2) is 26.1. The number of amides is 1. The van der Waals surface area contributed by atoms with Gasteiger partial charge < -0.3 is 25.5 Å². The number of unbranched alkanes of at least 4 members (excludes halogenated alkanes) is 3. The Labute approximate surface area is 458 Å². The van der Waals surface area contributed by atoms with Crippen LogP contribution in [0.25, 0.3) is 0 Å². The van der Waals surface area contributed by atoms with Gasteiger partial charge in [-0.2, -0.15) is 13.0 Å². The molecule has 0 radical (unpaired) electrons. The van der Waals surface area contributed by atoms with E-state index in [1.54, 1.807) is 14.7 Å². The van der Waals surface area contributed by atoms with Crippen LogP contribution in [0, 0.1) is 0 Å². The van der Waals surface area contributed by atoms with Crippen LogP contribution in [-0.4, -0.2) is 154 Å². The average molecular weight is 1100 g/mol. The molecule has 3 aromatic rings. The second-order valence-electron chi connectivity index (χ2n) is 21.8. The summed E-state index contributed by atoms with van der Waals surface area (Å²) in [5.74, 6) is -3.41. The number of para-hydroxylation sites is 2. The number of hydrogen-bond donors (Lipinski definition) is 5. The molecule has 18 heteroatoms. The Morgan fingerprint density at radius 1 is 0.740 bits per heavy atom. The molecule has 0 spiro atoms. The fourth-order valence-electron chi connectivity index (χ4n) is 11.4. The van der Waals surface area contributed by atoms with Crippen LogP contribution in [0.1, 0.15) is 102 Å². The molecule has 0 saturated carbocycles. The van der Waals surface area contributed by atoms with Crippen LogP contribution in [0.2, 0.25) is 0 Å². The van der Waals surface area contributed by atoms with Gasteiger partial charge in [-0.3, -0.25) is 38.4 Å². The number of carbonyl (C=O) groups excluding carboxylic acids is 1. The number of anilines is 2. The van der Waals surface area contributed by atoms with E-state index in [0.29, 0.717) is 70.5 Å². The van der Waals surface area contributed by atoms with Crippen molar-refractivity contribution in [2.45, 2.75) is 109 Å². The molecule has 3 aliphatic heterocycles. The third-order valence-corrected chi connectivity index (χ3v) is 16.7. The summed E-state index contributed by atoms with van der Waals surface area (Å²) < 4.78 is 34.6. The Morgan fingerprint density at radius 2 is 1.40 bits per heavy atom. The molecular weight excluding hydrogens is 1020 g/mol. The summed E-state index contributed by atoms with van der Waals surface area (Å²) in [4.78, 5) is 55.9. The van der Waals surface area contributed by atoms with Gasteiger partial charge in [-0.25, -0.2) is 0 Å². The SMILES string of the molecule is CC1(C)C(=CC=C2CCCC(C=CC3=[N+](CCCCCC(=O)Nc4ccc(CC5CN(CC(=O)O)CCN(CC(=O)O)CCN5CC(=O)O)cc4)c4ccccc4C3(C)C)=C2Cl)N(CCCCS(=O)(=O)O)c2ccccc21. The van der Waals surface area contributed by atoms with Crippen molar-refractivity contribution in [1.29, 1.82) is 0 Å². The quantitative estimate of drug-likeness (QED) is 0.0341. The van der Waals surface area contributed by atoms with E-state index in [1.165, 1.54) is 22.5 Å². The van der Waals surface area contributed by atoms with Crippen LogP contribution in [0.5, 0.6) is 0 Å². The van der Waals surface area contributed by atoms with E-state index in [-0.39, 0.29) is 54.7 Å². The van der Waals surface area contributed by atoms with Crippen LogP contribution < -0.4 is 10.2 Å². The fraction of sp³-hybridized carbons (Fsp3) is 0.475. The number of halogens is 1. The van der Waals surface area contributed by atoms with Crippen molar-refractivity contribution in [2.75, 3.05) is 81.4 Å². The number of carbonyl (C=O) groups is 4. The van der Waals surface area contributed by atoms with Crippen LogP contribution in [0.15, 0.2) is 119 Å². The lowest BCUT2D eigenvalue weighted by Crippen LogP contribution is -2.49. The molecule has 5 N–H and O–H groups in total. The highest BCUT2D eigenvalue weighted by Crippen LogP contribution is 2.48. The predicted octanol–water partition coefficient (Wildman–Crippen LogP) is 8.86. The minimum atomic E-state index is -4.03. The lowest BCUT2D eigenvalue weighted by atomic mass is 9.81. The fourth-order valence-corrected chi connectivity index (χ4v) is 12.3. The largest absolute Gasteiger partial charge is 0.480 e. The molecule has 3 heterocycles. The highest BCUT2D eigenvalue weighted by Gasteiger charge is 2.44. The maximum absolute atomic E-state index is 13.2. The van der Waals surface area contributed by atoms with E-state index < -0.39 is 28.0 Å². The molecule has 4 aliphatic rings. The Bertz CT molecular complexity index is 2930. The van der Waals surface area contributed by atoms with Crippen molar-refractivity contribution in [3.63, 3.8) is 0 Å². The lowest BCUT2D eigenvalue weighted by Gasteiger charge is -2.33. The third-order valence-electron chi connectivity index (χ3n) is 15.4. The number of benzene rings is 3. The number of carboxylic acids is 3. The average Bonchev–Trinajstić information content (AvgIpc) is 3.76. The molecule has 1 fully saturated rings. The van der Waals surface area contributed by atoms with Crippen molar-refractivity contribution in [3.05, 3.63) is 136 Å². The number of carboxylic acid groups (broad SMARTS) is 3. The summed E-state index contributed by atoms with van der Waals surface area (Å²) in [5.41, 5.74) is 10.2. The van der Waals surface area contributed by atoms with Gasteiger partial charge in [-0.15, -0.1) is 0 Å². The maximum atomic E-state index is 13.2. The van der Waals surface area contributed by atoms with Crippen molar-refractivity contribution in [2.24, 2.45) is 0 Å². The Kier molecular flexibility index (Phi) is 19.9. The monoisotopic (exact) mass is 1100 g/mol. The minimum Gasteiger partial charge on any atom is -0.480 e. The molecule has 0 bridgehead atoms. The van der Waals surface area contributed by atoms with Crippen LogP contribution >= 0.6 is 11.6 Å². The van der Waals surface area contributed by atoms with E-state index in [9.17, 15) is 47.5 Å². The molecule has 1 aliphatic carbocycles. The van der Waals surface area contributed by atoms with E-state index >= 15 is 0 Å². The topological polar surface area (TPSA) is 211 Å². The van der Waals surface area contributed by atoms with Gasteiger partial charge in [0.25, 0.3) is 10.1 Å². The summed E-state index contributed by atoms with van der Waals surface area (Å²) in [6, 6.07) is 23.9. The number of allylic oxidation sites excluding steroid dienone is 8. The number of nitrogens with one attached hydrogen (secondary N) is 1. The summed E-state index contributed by atoms with van der Waals surface area (Å²) in [6.45, 7) is 11.1.